The van der Waals surface area contributed by atoms with Gasteiger partial charge in [0.05, 0.1) is 5.52 Å². The molecule has 0 atom stereocenters. The van der Waals surface area contributed by atoms with Gasteiger partial charge in [-0.25, -0.2) is 0 Å². The summed E-state index contributed by atoms with van der Waals surface area (Å²) in [5, 5.41) is 5.90. The first kappa shape index (κ1) is 13.9. The number of nitrogens with one attached hydrogen (secondary N) is 1. The lowest BCUT2D eigenvalue weighted by Crippen LogP contribution is -2.20. The molecule has 0 fully saturated rings. The topological polar surface area (TPSA) is 28.2 Å². The molecule has 0 aliphatic rings. The molecule has 3 rings (SSSR count). The van der Waals surface area contributed by atoms with Gasteiger partial charge >= 0.3 is 0 Å². The van der Waals surface area contributed by atoms with Crippen LogP contribution in [0.15, 0.2) is 54.6 Å². The van der Waals surface area contributed by atoms with E-state index in [4.69, 9.17) is 0 Å². The van der Waals surface area contributed by atoms with Crippen molar-refractivity contribution in [1.29, 1.82) is 0 Å². The average molecular weight is 297 g/mol. The maximum Gasteiger partial charge on any atom is 0.117 e. The normalized spacial score (nSPS) is 10.7. The summed E-state index contributed by atoms with van der Waals surface area (Å²) in [5.41, 5.74) is 2.34. The standard InChI is InChI=1S/C17H19N3S/c1-20(14-8-3-2-4-9-14)13-7-12-18-17-15-10-5-6-11-16(15)19-21-17/h2-6,8-11,18H,7,12-13H2,1H3. The quantitative estimate of drug-likeness (QED) is 0.690. The molecule has 0 spiro atoms. The van der Waals surface area contributed by atoms with Crippen LogP contribution in [0.25, 0.3) is 10.9 Å². The Kier molecular flexibility index (Phi) is 4.36. The van der Waals surface area contributed by atoms with Crippen LogP contribution in [-0.4, -0.2) is 24.5 Å². The Labute approximate surface area is 129 Å². The van der Waals surface area contributed by atoms with Gasteiger partial charge < -0.3 is 10.2 Å². The first-order chi connectivity index (χ1) is 10.3. The lowest BCUT2D eigenvalue weighted by atomic mass is 10.2. The lowest BCUT2D eigenvalue weighted by Gasteiger charge is -2.19. The van der Waals surface area contributed by atoms with Gasteiger partial charge in [-0.2, -0.15) is 4.37 Å². The smallest absolute Gasteiger partial charge is 0.117 e. The number of benzene rings is 2. The van der Waals surface area contributed by atoms with Gasteiger partial charge in [0.2, 0.25) is 0 Å². The Bertz CT molecular complexity index is 693. The van der Waals surface area contributed by atoms with E-state index < -0.39 is 0 Å². The Morgan fingerprint density at radius 2 is 1.81 bits per heavy atom. The summed E-state index contributed by atoms with van der Waals surface area (Å²) in [6, 6.07) is 18.8. The first-order valence-electron chi connectivity index (χ1n) is 7.19. The molecule has 0 radical (unpaired) electrons. The second-order valence-corrected chi connectivity index (χ2v) is 5.84. The highest BCUT2D eigenvalue weighted by Gasteiger charge is 2.04. The van der Waals surface area contributed by atoms with Gasteiger partial charge in [0.25, 0.3) is 0 Å². The number of para-hydroxylation sites is 1. The molecule has 1 heterocycles. The Morgan fingerprint density at radius 1 is 1.05 bits per heavy atom. The lowest BCUT2D eigenvalue weighted by molar-refractivity contribution is 0.818. The summed E-state index contributed by atoms with van der Waals surface area (Å²) in [4.78, 5) is 2.28. The zero-order chi connectivity index (χ0) is 14.5. The first-order valence-corrected chi connectivity index (χ1v) is 7.96. The van der Waals surface area contributed by atoms with E-state index in [0.29, 0.717) is 0 Å². The molecule has 4 heteroatoms. The molecular formula is C17H19N3S. The number of rotatable bonds is 6. The van der Waals surface area contributed by atoms with Gasteiger partial charge in [0, 0.05) is 31.2 Å². The number of nitrogens with zero attached hydrogens (tertiary/aromatic N) is 2. The number of hydrogen-bond acceptors (Lipinski definition) is 4. The van der Waals surface area contributed by atoms with Crippen molar-refractivity contribution in [2.75, 3.05) is 30.4 Å². The zero-order valence-corrected chi connectivity index (χ0v) is 12.9. The van der Waals surface area contributed by atoms with Crippen molar-refractivity contribution in [1.82, 2.24) is 4.37 Å². The highest BCUT2D eigenvalue weighted by atomic mass is 32.1. The van der Waals surface area contributed by atoms with E-state index in [-0.39, 0.29) is 0 Å². The van der Waals surface area contributed by atoms with E-state index in [2.05, 4.69) is 64.1 Å². The molecule has 1 N–H and O–H groups in total. The summed E-state index contributed by atoms with van der Waals surface area (Å²) in [7, 11) is 2.14. The summed E-state index contributed by atoms with van der Waals surface area (Å²) >= 11 is 1.54. The molecule has 0 unspecified atom stereocenters. The highest BCUT2D eigenvalue weighted by molar-refractivity contribution is 7.11. The van der Waals surface area contributed by atoms with Gasteiger partial charge in [-0.05, 0) is 42.2 Å². The summed E-state index contributed by atoms with van der Waals surface area (Å²) in [5.74, 6) is 0. The van der Waals surface area contributed by atoms with E-state index >= 15 is 0 Å². The van der Waals surface area contributed by atoms with Crippen molar-refractivity contribution in [3.05, 3.63) is 54.6 Å². The molecular weight excluding hydrogens is 278 g/mol. The monoisotopic (exact) mass is 297 g/mol. The van der Waals surface area contributed by atoms with Gasteiger partial charge in [-0.15, -0.1) is 0 Å². The molecule has 0 saturated heterocycles. The second-order valence-electron chi connectivity index (χ2n) is 5.07. The van der Waals surface area contributed by atoms with Crippen LogP contribution in [0.3, 0.4) is 0 Å². The van der Waals surface area contributed by atoms with Crippen molar-refractivity contribution in [3.8, 4) is 0 Å². The fourth-order valence-electron chi connectivity index (χ4n) is 2.35. The highest BCUT2D eigenvalue weighted by Crippen LogP contribution is 2.27. The number of anilines is 2. The van der Waals surface area contributed by atoms with Gasteiger partial charge in [0.15, 0.2) is 0 Å². The van der Waals surface area contributed by atoms with Crippen LogP contribution < -0.4 is 10.2 Å². The SMILES string of the molecule is CN(CCCNc1snc2ccccc12)c1ccccc1. The molecule has 0 aliphatic carbocycles. The maximum absolute atomic E-state index is 4.45. The third-order valence-electron chi connectivity index (χ3n) is 3.54. The number of fused-ring (bicyclic) bond motifs is 1. The Hall–Kier alpha value is -2.07. The van der Waals surface area contributed by atoms with Crippen LogP contribution in [-0.2, 0) is 0 Å². The predicted octanol–water partition coefficient (Wildman–Crippen LogP) is 4.23. The Morgan fingerprint density at radius 3 is 2.67 bits per heavy atom. The number of aromatic nitrogens is 1. The minimum Gasteiger partial charge on any atom is -0.375 e. The molecule has 0 aliphatic heterocycles. The van der Waals surface area contributed by atoms with E-state index in [1.807, 2.05) is 12.1 Å². The molecule has 21 heavy (non-hydrogen) atoms. The molecule has 1 aromatic heterocycles. The molecule has 2 aromatic carbocycles. The van der Waals surface area contributed by atoms with Crippen molar-refractivity contribution >= 4 is 33.1 Å². The third-order valence-corrected chi connectivity index (χ3v) is 4.37. The van der Waals surface area contributed by atoms with E-state index in [9.17, 15) is 0 Å². The van der Waals surface area contributed by atoms with Crippen LogP contribution >= 0.6 is 11.5 Å². The predicted molar refractivity (Wildman–Crippen MR) is 92.4 cm³/mol. The van der Waals surface area contributed by atoms with Crippen molar-refractivity contribution in [3.63, 3.8) is 0 Å². The fourth-order valence-corrected chi connectivity index (χ4v) is 3.13. The summed E-state index contributed by atoms with van der Waals surface area (Å²) < 4.78 is 4.45. The van der Waals surface area contributed by atoms with Gasteiger partial charge in [0.1, 0.15) is 5.00 Å². The molecule has 3 aromatic rings. The van der Waals surface area contributed by atoms with E-state index in [1.54, 1.807) is 11.5 Å². The van der Waals surface area contributed by atoms with Gasteiger partial charge in [-0.1, -0.05) is 30.3 Å². The minimum atomic E-state index is 0.962. The third kappa shape index (κ3) is 3.34. The van der Waals surface area contributed by atoms with Crippen LogP contribution in [0.1, 0.15) is 6.42 Å². The average Bonchev–Trinajstić information content (AvgIpc) is 2.95. The van der Waals surface area contributed by atoms with Crippen LogP contribution in [0.5, 0.6) is 0 Å². The molecule has 0 amide bonds. The molecule has 3 nitrogen and oxygen atoms in total. The largest absolute Gasteiger partial charge is 0.375 e. The zero-order valence-electron chi connectivity index (χ0n) is 12.1. The molecule has 0 bridgehead atoms. The maximum atomic E-state index is 4.45. The van der Waals surface area contributed by atoms with Gasteiger partial charge in [-0.3, -0.25) is 0 Å². The minimum absolute atomic E-state index is 0.962. The van der Waals surface area contributed by atoms with E-state index in [0.717, 1.165) is 25.0 Å². The fraction of sp³-hybridized carbons (Fsp3) is 0.235. The van der Waals surface area contributed by atoms with Crippen LogP contribution in [0.4, 0.5) is 10.7 Å². The Balaban J connectivity index is 1.50. The summed E-state index contributed by atoms with van der Waals surface area (Å²) in [6.07, 6.45) is 1.09. The summed E-state index contributed by atoms with van der Waals surface area (Å²) in [6.45, 7) is 2.00. The molecule has 0 saturated carbocycles. The molecule has 108 valence electrons. The van der Waals surface area contributed by atoms with E-state index in [1.165, 1.54) is 16.1 Å². The van der Waals surface area contributed by atoms with Crippen molar-refractivity contribution < 1.29 is 0 Å². The van der Waals surface area contributed by atoms with Crippen molar-refractivity contribution in [2.24, 2.45) is 0 Å². The van der Waals surface area contributed by atoms with Crippen molar-refractivity contribution in [2.45, 2.75) is 6.42 Å². The number of hydrogen-bond donors (Lipinski definition) is 1. The second kappa shape index (κ2) is 6.59. The van der Waals surface area contributed by atoms with Crippen LogP contribution in [0, 0.1) is 0 Å². The van der Waals surface area contributed by atoms with Crippen LogP contribution in [0.2, 0.25) is 0 Å².